The van der Waals surface area contributed by atoms with E-state index in [0.29, 0.717) is 18.0 Å². The molecule has 120 valence electrons. The minimum atomic E-state index is -3.39. The van der Waals surface area contributed by atoms with E-state index in [1.807, 2.05) is 12.1 Å². The van der Waals surface area contributed by atoms with Crippen LogP contribution in [0.5, 0.6) is 0 Å². The molecule has 0 aliphatic carbocycles. The van der Waals surface area contributed by atoms with E-state index in [4.69, 9.17) is 5.73 Å². The van der Waals surface area contributed by atoms with Gasteiger partial charge < -0.3 is 5.73 Å². The second kappa shape index (κ2) is 6.65. The molecule has 1 fully saturated rings. The average molecular weight is 333 g/mol. The first-order chi connectivity index (χ1) is 9.27. The second-order valence-corrected chi connectivity index (χ2v) is 8.11. The third-order valence-corrected chi connectivity index (χ3v) is 6.22. The monoisotopic (exact) mass is 332 g/mol. The summed E-state index contributed by atoms with van der Waals surface area (Å²) < 4.78 is 26.4. The normalized spacial score (nSPS) is 20.3. The van der Waals surface area contributed by atoms with Crippen LogP contribution in [0, 0.1) is 0 Å². The first-order valence-electron chi connectivity index (χ1n) is 7.13. The lowest BCUT2D eigenvalue weighted by Gasteiger charge is -2.24. The molecule has 1 atom stereocenters. The van der Waals surface area contributed by atoms with Gasteiger partial charge in [-0.05, 0) is 36.0 Å². The van der Waals surface area contributed by atoms with E-state index < -0.39 is 10.0 Å². The molecule has 1 aliphatic rings. The van der Waals surface area contributed by atoms with Crippen molar-refractivity contribution in [1.82, 2.24) is 4.31 Å². The topological polar surface area (TPSA) is 63.4 Å². The molecule has 1 aromatic rings. The summed E-state index contributed by atoms with van der Waals surface area (Å²) in [5.74, 6) is 0. The molecule has 2 rings (SSSR count). The Labute approximate surface area is 134 Å². The molecule has 1 saturated heterocycles. The number of benzene rings is 1. The van der Waals surface area contributed by atoms with Gasteiger partial charge in [-0.25, -0.2) is 8.42 Å². The predicted molar refractivity (Wildman–Crippen MR) is 88.4 cm³/mol. The lowest BCUT2D eigenvalue weighted by molar-refractivity contribution is 0.472. The Morgan fingerprint density at radius 3 is 2.29 bits per heavy atom. The van der Waals surface area contributed by atoms with E-state index in [1.54, 1.807) is 12.1 Å². The molecular formula is C15H25ClN2O2S. The molecule has 0 radical (unpaired) electrons. The highest BCUT2D eigenvalue weighted by molar-refractivity contribution is 7.89. The number of nitrogens with two attached hydrogens (primary N) is 1. The third-order valence-electron chi connectivity index (χ3n) is 4.34. The minimum absolute atomic E-state index is 0. The SMILES string of the molecule is CCC(C)(C)c1ccc(S(=O)(=O)N2CCC(N)C2)cc1.Cl. The summed E-state index contributed by atoms with van der Waals surface area (Å²) in [6.45, 7) is 7.40. The fraction of sp³-hybridized carbons (Fsp3) is 0.600. The van der Waals surface area contributed by atoms with Crippen LogP contribution in [0.4, 0.5) is 0 Å². The molecule has 0 amide bonds. The number of hydrogen-bond donors (Lipinski definition) is 1. The van der Waals surface area contributed by atoms with Crippen LogP contribution in [0.2, 0.25) is 0 Å². The van der Waals surface area contributed by atoms with Gasteiger partial charge in [-0.15, -0.1) is 12.4 Å². The van der Waals surface area contributed by atoms with E-state index >= 15 is 0 Å². The Hall–Kier alpha value is -0.620. The van der Waals surface area contributed by atoms with Gasteiger partial charge in [-0.1, -0.05) is 32.9 Å². The highest BCUT2D eigenvalue weighted by Gasteiger charge is 2.31. The van der Waals surface area contributed by atoms with Crippen molar-refractivity contribution in [2.75, 3.05) is 13.1 Å². The molecule has 21 heavy (non-hydrogen) atoms. The zero-order chi connectivity index (χ0) is 15.0. The van der Waals surface area contributed by atoms with Crippen molar-refractivity contribution in [3.05, 3.63) is 29.8 Å². The molecule has 1 aromatic carbocycles. The summed E-state index contributed by atoms with van der Waals surface area (Å²) >= 11 is 0. The Balaban J connectivity index is 0.00000220. The largest absolute Gasteiger partial charge is 0.326 e. The smallest absolute Gasteiger partial charge is 0.243 e. The summed E-state index contributed by atoms with van der Waals surface area (Å²) in [6, 6.07) is 7.24. The van der Waals surface area contributed by atoms with E-state index in [2.05, 4.69) is 20.8 Å². The van der Waals surface area contributed by atoms with Crippen LogP contribution < -0.4 is 5.73 Å². The second-order valence-electron chi connectivity index (χ2n) is 6.17. The quantitative estimate of drug-likeness (QED) is 0.921. The molecule has 2 N–H and O–H groups in total. The van der Waals surface area contributed by atoms with Crippen LogP contribution in [0.25, 0.3) is 0 Å². The van der Waals surface area contributed by atoms with Gasteiger partial charge in [-0.3, -0.25) is 0 Å². The number of halogens is 1. The summed E-state index contributed by atoms with van der Waals surface area (Å²) in [5.41, 5.74) is 7.02. The molecule has 1 unspecified atom stereocenters. The van der Waals surface area contributed by atoms with Gasteiger partial charge in [0.15, 0.2) is 0 Å². The fourth-order valence-electron chi connectivity index (χ4n) is 2.40. The number of sulfonamides is 1. The van der Waals surface area contributed by atoms with Crippen molar-refractivity contribution in [2.45, 2.75) is 50.0 Å². The molecule has 1 heterocycles. The Bertz CT molecular complexity index is 570. The maximum absolute atomic E-state index is 12.5. The van der Waals surface area contributed by atoms with Crippen molar-refractivity contribution in [2.24, 2.45) is 5.73 Å². The van der Waals surface area contributed by atoms with E-state index in [9.17, 15) is 8.42 Å². The molecule has 4 nitrogen and oxygen atoms in total. The van der Waals surface area contributed by atoms with Gasteiger partial charge >= 0.3 is 0 Å². The maximum atomic E-state index is 12.5. The first-order valence-corrected chi connectivity index (χ1v) is 8.57. The highest BCUT2D eigenvalue weighted by atomic mass is 35.5. The zero-order valence-electron chi connectivity index (χ0n) is 12.9. The number of hydrogen-bond acceptors (Lipinski definition) is 3. The van der Waals surface area contributed by atoms with Crippen LogP contribution in [-0.2, 0) is 15.4 Å². The lowest BCUT2D eigenvalue weighted by atomic mass is 9.82. The Morgan fingerprint density at radius 2 is 1.86 bits per heavy atom. The van der Waals surface area contributed by atoms with Crippen LogP contribution in [0.3, 0.4) is 0 Å². The third kappa shape index (κ3) is 3.77. The van der Waals surface area contributed by atoms with Gasteiger partial charge in [0.1, 0.15) is 0 Å². The molecule has 0 saturated carbocycles. The Kier molecular flexibility index (Phi) is 5.83. The average Bonchev–Trinajstić information content (AvgIpc) is 2.86. The van der Waals surface area contributed by atoms with Gasteiger partial charge in [0, 0.05) is 19.1 Å². The molecule has 1 aliphatic heterocycles. The van der Waals surface area contributed by atoms with Crippen molar-refractivity contribution < 1.29 is 8.42 Å². The first kappa shape index (κ1) is 18.4. The van der Waals surface area contributed by atoms with Crippen molar-refractivity contribution in [3.8, 4) is 0 Å². The van der Waals surface area contributed by atoms with Crippen LogP contribution in [-0.4, -0.2) is 31.9 Å². The highest BCUT2D eigenvalue weighted by Crippen LogP contribution is 2.28. The maximum Gasteiger partial charge on any atom is 0.243 e. The molecule has 6 heteroatoms. The fourth-order valence-corrected chi connectivity index (χ4v) is 3.92. The van der Waals surface area contributed by atoms with Gasteiger partial charge in [-0.2, -0.15) is 4.31 Å². The summed E-state index contributed by atoms with van der Waals surface area (Å²) in [7, 11) is -3.39. The summed E-state index contributed by atoms with van der Waals surface area (Å²) in [4.78, 5) is 0.363. The van der Waals surface area contributed by atoms with Gasteiger partial charge in [0.05, 0.1) is 4.90 Å². The summed E-state index contributed by atoms with van der Waals surface area (Å²) in [6.07, 6.45) is 1.75. The molecule has 0 aromatic heterocycles. The Morgan fingerprint density at radius 1 is 1.29 bits per heavy atom. The summed E-state index contributed by atoms with van der Waals surface area (Å²) in [5, 5.41) is 0. The standard InChI is InChI=1S/C15H24N2O2S.ClH/c1-4-15(2,3)12-5-7-14(8-6-12)20(18,19)17-10-9-13(16)11-17;/h5-8,13H,4,9-11,16H2,1-3H3;1H. The lowest BCUT2D eigenvalue weighted by Crippen LogP contribution is -2.32. The van der Waals surface area contributed by atoms with Crippen LogP contribution in [0.15, 0.2) is 29.2 Å². The van der Waals surface area contributed by atoms with Crippen LogP contribution >= 0.6 is 12.4 Å². The van der Waals surface area contributed by atoms with Gasteiger partial charge in [0.2, 0.25) is 10.0 Å². The van der Waals surface area contributed by atoms with E-state index in [-0.39, 0.29) is 23.9 Å². The minimum Gasteiger partial charge on any atom is -0.326 e. The van der Waals surface area contributed by atoms with E-state index in [1.165, 1.54) is 4.31 Å². The van der Waals surface area contributed by atoms with Crippen molar-refractivity contribution in [1.29, 1.82) is 0 Å². The number of nitrogens with zero attached hydrogens (tertiary/aromatic N) is 1. The molecule has 0 bridgehead atoms. The predicted octanol–water partition coefficient (Wildman–Crippen LogP) is 2.52. The van der Waals surface area contributed by atoms with Crippen molar-refractivity contribution in [3.63, 3.8) is 0 Å². The van der Waals surface area contributed by atoms with Crippen molar-refractivity contribution >= 4 is 22.4 Å². The number of rotatable bonds is 4. The molecular weight excluding hydrogens is 308 g/mol. The van der Waals surface area contributed by atoms with Gasteiger partial charge in [0.25, 0.3) is 0 Å². The van der Waals surface area contributed by atoms with E-state index in [0.717, 1.165) is 18.4 Å². The van der Waals surface area contributed by atoms with Crippen LogP contribution in [0.1, 0.15) is 39.2 Å². The molecule has 0 spiro atoms. The zero-order valence-corrected chi connectivity index (χ0v) is 14.5.